The van der Waals surface area contributed by atoms with Gasteiger partial charge >= 0.3 is 0 Å². The van der Waals surface area contributed by atoms with Gasteiger partial charge in [0, 0.05) is 9.17 Å². The summed E-state index contributed by atoms with van der Waals surface area (Å²) in [5.74, 6) is -1.23. The number of carbonyl (C=O) groups excluding carboxylic acids is 1. The number of hydrogen-bond acceptors (Lipinski definition) is 5. The van der Waals surface area contributed by atoms with E-state index in [0.29, 0.717) is 0 Å². The molecule has 0 saturated heterocycles. The Labute approximate surface area is 52.8 Å². The number of carboxylic acid groups (broad SMARTS) is 1. The summed E-state index contributed by atoms with van der Waals surface area (Å²) in [6.07, 6.45) is 0.722. The van der Waals surface area contributed by atoms with Crippen LogP contribution in [0.2, 0.25) is 0 Å². The first-order valence-corrected chi connectivity index (χ1v) is 2.94. The van der Waals surface area contributed by atoms with Crippen molar-refractivity contribution in [3.05, 3.63) is 12.7 Å². The predicted octanol–water partition coefficient (Wildman–Crippen LogP) is -3.96. The highest BCUT2D eigenvalue weighted by Gasteiger charge is 1.55. The van der Waals surface area contributed by atoms with Gasteiger partial charge in [0.2, 0.25) is 0 Å². The summed E-state index contributed by atoms with van der Waals surface area (Å²) in [4.78, 5) is 26.2. The minimum Gasteiger partial charge on any atom is -0.672 e. The highest BCUT2D eigenvalue weighted by atomic mass is 28.3. The van der Waals surface area contributed by atoms with Crippen LogP contribution >= 0.6 is 0 Å². The van der Waals surface area contributed by atoms with Crippen LogP contribution in [0.3, 0.4) is 0 Å². The van der Waals surface area contributed by atoms with E-state index in [4.69, 9.17) is 24.0 Å². The van der Waals surface area contributed by atoms with E-state index in [2.05, 4.69) is 6.58 Å². The van der Waals surface area contributed by atoms with Gasteiger partial charge in [-0.3, -0.25) is 0 Å². The van der Waals surface area contributed by atoms with Crippen LogP contribution in [0.25, 0.3) is 0 Å². The fraction of sp³-hybridized carbons (Fsp3) is 0. The predicted molar refractivity (Wildman–Crippen MR) is 21.6 cm³/mol. The number of carboxylic acids is 1. The molecule has 52 valence electrons. The number of hydrogen-bond donors (Lipinski definition) is 0. The lowest BCUT2D eigenvalue weighted by atomic mass is 10.7. The van der Waals surface area contributed by atoms with Gasteiger partial charge in [0.15, 0.2) is 0 Å². The molecule has 0 radical (unpaired) electrons. The van der Waals surface area contributed by atoms with Gasteiger partial charge in [-0.15, -0.1) is 0 Å². The Morgan fingerprint density at radius 2 is 1.67 bits per heavy atom. The van der Waals surface area contributed by atoms with Crippen molar-refractivity contribution >= 4 is 15.1 Å². The Morgan fingerprint density at radius 1 is 1.56 bits per heavy atom. The molecule has 0 N–H and O–H groups in total. The maximum atomic E-state index is 9.14. The van der Waals surface area contributed by atoms with Crippen LogP contribution < -0.4 is 14.7 Å². The first kappa shape index (κ1) is 10.7. The second kappa shape index (κ2) is 6.83. The summed E-state index contributed by atoms with van der Waals surface area (Å²) in [5.41, 5.74) is 0. The van der Waals surface area contributed by atoms with Gasteiger partial charge in [0.25, 0.3) is 0 Å². The minimum atomic E-state index is -3.63. The van der Waals surface area contributed by atoms with Gasteiger partial charge in [0.1, 0.15) is 0 Å². The monoisotopic (exact) mass is 147 g/mol. The average molecular weight is 147 g/mol. The van der Waals surface area contributed by atoms with Crippen LogP contribution in [-0.2, 0) is 9.26 Å². The van der Waals surface area contributed by atoms with Crippen LogP contribution in [0.5, 0.6) is 0 Å². The molecule has 0 aromatic carbocycles. The minimum absolute atomic E-state index is 0.722. The molecule has 0 saturated carbocycles. The Hall–Kier alpha value is -1.17. The second-order valence-corrected chi connectivity index (χ2v) is 1.27. The maximum Gasteiger partial charge on any atom is 0.0636 e. The largest absolute Gasteiger partial charge is 0.672 e. The first-order valence-electron chi connectivity index (χ1n) is 1.72. The SMILES string of the molecule is C=CC(=O)[O-].O=[Si]([O-])[O-]. The van der Waals surface area contributed by atoms with E-state index in [0.717, 1.165) is 6.08 Å². The molecule has 6 heteroatoms. The van der Waals surface area contributed by atoms with Crippen LogP contribution in [0.15, 0.2) is 12.7 Å². The Morgan fingerprint density at radius 3 is 1.67 bits per heavy atom. The van der Waals surface area contributed by atoms with Crippen molar-refractivity contribution in [2.75, 3.05) is 0 Å². The molecule has 0 unspecified atom stereocenters. The lowest BCUT2D eigenvalue weighted by molar-refractivity contribution is -0.354. The van der Waals surface area contributed by atoms with Gasteiger partial charge in [-0.1, -0.05) is 6.58 Å². The molecule has 5 nitrogen and oxygen atoms in total. The highest BCUT2D eigenvalue weighted by Crippen LogP contribution is 1.47. The van der Waals surface area contributed by atoms with E-state index in [1.165, 1.54) is 0 Å². The number of carbonyl (C=O) groups is 1. The van der Waals surface area contributed by atoms with E-state index in [1.807, 2.05) is 0 Å². The molecule has 0 fully saturated rings. The summed E-state index contributed by atoms with van der Waals surface area (Å²) in [6.45, 7) is 2.90. The topological polar surface area (TPSA) is 103 Å². The van der Waals surface area contributed by atoms with Crippen molar-refractivity contribution in [3.63, 3.8) is 0 Å². The van der Waals surface area contributed by atoms with E-state index in [1.54, 1.807) is 0 Å². The highest BCUT2D eigenvalue weighted by molar-refractivity contribution is 6.17. The van der Waals surface area contributed by atoms with Gasteiger partial charge in [-0.05, 0) is 6.08 Å². The normalized spacial score (nSPS) is 6.22. The van der Waals surface area contributed by atoms with Gasteiger partial charge in [-0.2, -0.15) is 0 Å². The third-order valence-electron chi connectivity index (χ3n) is 0.167. The molecule has 0 amide bonds. The number of aliphatic carboxylic acids is 1. The molecule has 0 bridgehead atoms. The van der Waals surface area contributed by atoms with E-state index in [-0.39, 0.29) is 0 Å². The van der Waals surface area contributed by atoms with Crippen molar-refractivity contribution in [2.24, 2.45) is 0 Å². The van der Waals surface area contributed by atoms with Crippen molar-refractivity contribution in [2.45, 2.75) is 0 Å². The zero-order valence-corrected chi connectivity index (χ0v) is 5.33. The van der Waals surface area contributed by atoms with Gasteiger partial charge in [0.05, 0.1) is 5.97 Å². The van der Waals surface area contributed by atoms with Crippen molar-refractivity contribution in [1.29, 1.82) is 0 Å². The Bertz CT molecular complexity index is 115. The molecule has 0 aliphatic heterocycles. The van der Waals surface area contributed by atoms with Crippen molar-refractivity contribution in [1.82, 2.24) is 0 Å². The molecule has 0 spiro atoms. The molecule has 0 aromatic heterocycles. The molecule has 0 rings (SSSR count). The molecule has 0 aromatic rings. The van der Waals surface area contributed by atoms with Gasteiger partial charge < -0.3 is 24.0 Å². The molecule has 0 aliphatic carbocycles. The van der Waals surface area contributed by atoms with Crippen molar-refractivity contribution in [3.8, 4) is 0 Å². The fourth-order valence-electron chi connectivity index (χ4n) is 0. The Kier molecular flexibility index (Phi) is 8.15. The van der Waals surface area contributed by atoms with Crippen LogP contribution in [0, 0.1) is 0 Å². The van der Waals surface area contributed by atoms with Crippen molar-refractivity contribution < 1.29 is 24.0 Å². The second-order valence-electron chi connectivity index (χ2n) is 0.773. The lowest BCUT2D eigenvalue weighted by Crippen LogP contribution is -2.34. The molecular weight excluding hydrogens is 144 g/mol. The molecule has 0 aliphatic rings. The summed E-state index contributed by atoms with van der Waals surface area (Å²) < 4.78 is 8.52. The van der Waals surface area contributed by atoms with E-state index in [9.17, 15) is 0 Å². The first-order chi connectivity index (χ1) is 4.00. The smallest absolute Gasteiger partial charge is 0.0636 e. The standard InChI is InChI=1S/C3H4O2.O3Si/c1-2-3(4)5;1-4(2)3/h2H,1H2,(H,4,5);/q;-2/p-1. The summed E-state index contributed by atoms with van der Waals surface area (Å²) in [7, 11) is -3.63. The lowest BCUT2D eigenvalue weighted by Gasteiger charge is -1.94. The zero-order valence-electron chi connectivity index (χ0n) is 4.33. The average Bonchev–Trinajstić information content (AvgIpc) is 1.65. The quantitative estimate of drug-likeness (QED) is 0.278. The summed E-state index contributed by atoms with van der Waals surface area (Å²) in [6, 6.07) is 0. The third kappa shape index (κ3) is 233. The van der Waals surface area contributed by atoms with Gasteiger partial charge in [-0.25, -0.2) is 0 Å². The number of rotatable bonds is 1. The van der Waals surface area contributed by atoms with E-state index < -0.39 is 15.1 Å². The molecular formula is C3H3O5Si-3. The maximum absolute atomic E-state index is 9.14. The molecule has 9 heavy (non-hydrogen) atoms. The summed E-state index contributed by atoms with van der Waals surface area (Å²) in [5, 5.41) is 9.14. The Balaban J connectivity index is 0. The van der Waals surface area contributed by atoms with Crippen LogP contribution in [-0.4, -0.2) is 15.1 Å². The zero-order chi connectivity index (χ0) is 7.86. The molecule has 0 atom stereocenters. The third-order valence-corrected chi connectivity index (χ3v) is 0.167. The molecule has 0 heterocycles. The van der Waals surface area contributed by atoms with E-state index >= 15 is 0 Å². The summed E-state index contributed by atoms with van der Waals surface area (Å²) >= 11 is 0. The van der Waals surface area contributed by atoms with Crippen LogP contribution in [0.4, 0.5) is 0 Å². The van der Waals surface area contributed by atoms with Crippen LogP contribution in [0.1, 0.15) is 0 Å². The fourth-order valence-corrected chi connectivity index (χ4v) is 0.